The molecule has 50 heavy (non-hydrogen) atoms. The summed E-state index contributed by atoms with van der Waals surface area (Å²) in [5.74, 6) is 0. The fourth-order valence-electron chi connectivity index (χ4n) is 8.29. The highest BCUT2D eigenvalue weighted by atomic mass is 15.1. The second kappa shape index (κ2) is 13.8. The molecule has 1 atom stereocenters. The van der Waals surface area contributed by atoms with E-state index < -0.39 is 0 Å². The summed E-state index contributed by atoms with van der Waals surface area (Å²) in [6.07, 6.45) is 12.8. The van der Waals surface area contributed by atoms with Gasteiger partial charge >= 0.3 is 0 Å². The van der Waals surface area contributed by atoms with Crippen LogP contribution in [0.3, 0.4) is 0 Å². The molecule has 6 aromatic carbocycles. The molecule has 1 heteroatoms. The highest BCUT2D eigenvalue weighted by molar-refractivity contribution is 5.83. The van der Waals surface area contributed by atoms with E-state index in [0.717, 1.165) is 42.7 Å². The number of rotatable bonds is 8. The van der Waals surface area contributed by atoms with E-state index in [1.54, 1.807) is 0 Å². The van der Waals surface area contributed by atoms with Crippen molar-refractivity contribution in [2.75, 3.05) is 4.90 Å². The van der Waals surface area contributed by atoms with E-state index in [1.165, 1.54) is 74.9 Å². The Kier molecular flexibility index (Phi) is 8.82. The van der Waals surface area contributed by atoms with Gasteiger partial charge < -0.3 is 4.90 Å². The number of anilines is 3. The number of benzene rings is 6. The fourth-order valence-corrected chi connectivity index (χ4v) is 8.29. The van der Waals surface area contributed by atoms with Gasteiger partial charge in [0.2, 0.25) is 0 Å². The SMILES string of the molecule is C=C1CCCC(CC)(c2ccc(-c3ccc(N(c4ccc(-c5ccccc5)cc4)c4ccc(-c5cccc6c5C=CCC6)cc4)cc3)cc2)C1. The second-order valence-electron chi connectivity index (χ2n) is 14.2. The Morgan fingerprint density at radius 3 is 1.72 bits per heavy atom. The van der Waals surface area contributed by atoms with E-state index in [2.05, 4.69) is 176 Å². The maximum atomic E-state index is 4.36. The summed E-state index contributed by atoms with van der Waals surface area (Å²) in [5.41, 5.74) is 16.8. The first-order valence-electron chi connectivity index (χ1n) is 18.3. The van der Waals surface area contributed by atoms with Gasteiger partial charge in [-0.3, -0.25) is 0 Å². The Morgan fingerprint density at radius 2 is 1.14 bits per heavy atom. The minimum atomic E-state index is 0.236. The predicted molar refractivity (Wildman–Crippen MR) is 214 cm³/mol. The summed E-state index contributed by atoms with van der Waals surface area (Å²) >= 11 is 0. The lowest BCUT2D eigenvalue weighted by Crippen LogP contribution is -2.28. The molecule has 0 aliphatic heterocycles. The third-order valence-electron chi connectivity index (χ3n) is 11.1. The molecule has 1 fully saturated rings. The minimum Gasteiger partial charge on any atom is -0.311 e. The molecule has 2 aliphatic carbocycles. The lowest BCUT2D eigenvalue weighted by Gasteiger charge is -2.38. The average Bonchev–Trinajstić information content (AvgIpc) is 3.19. The third kappa shape index (κ3) is 6.25. The molecule has 0 aromatic heterocycles. The number of allylic oxidation sites excluding steroid dienone is 2. The molecule has 0 spiro atoms. The van der Waals surface area contributed by atoms with Gasteiger partial charge in [0.15, 0.2) is 0 Å². The molecular formula is C49H45N. The number of fused-ring (bicyclic) bond motifs is 1. The Balaban J connectivity index is 1.12. The molecule has 1 unspecified atom stereocenters. The molecule has 0 heterocycles. The Morgan fingerprint density at radius 1 is 0.580 bits per heavy atom. The van der Waals surface area contributed by atoms with Crippen LogP contribution in [0.4, 0.5) is 17.1 Å². The minimum absolute atomic E-state index is 0.236. The molecule has 1 nitrogen and oxygen atoms in total. The molecule has 246 valence electrons. The molecule has 2 aliphatic rings. The van der Waals surface area contributed by atoms with Crippen LogP contribution < -0.4 is 4.90 Å². The fraction of sp³-hybridized carbons (Fsp3) is 0.184. The number of aryl methyl sites for hydroxylation is 1. The molecule has 8 rings (SSSR count). The van der Waals surface area contributed by atoms with Crippen molar-refractivity contribution in [1.82, 2.24) is 0 Å². The van der Waals surface area contributed by atoms with Gasteiger partial charge in [-0.15, -0.1) is 0 Å². The van der Waals surface area contributed by atoms with E-state index in [1.807, 2.05) is 0 Å². The first-order valence-corrected chi connectivity index (χ1v) is 18.3. The van der Waals surface area contributed by atoms with Gasteiger partial charge in [0.05, 0.1) is 0 Å². The zero-order valence-electron chi connectivity index (χ0n) is 29.1. The van der Waals surface area contributed by atoms with Crippen LogP contribution >= 0.6 is 0 Å². The number of hydrogen-bond acceptors (Lipinski definition) is 1. The van der Waals surface area contributed by atoms with Crippen LogP contribution in [0.1, 0.15) is 62.1 Å². The zero-order valence-corrected chi connectivity index (χ0v) is 29.1. The molecule has 0 saturated heterocycles. The summed E-state index contributed by atoms with van der Waals surface area (Å²) in [5, 5.41) is 0. The molecule has 0 N–H and O–H groups in total. The third-order valence-corrected chi connectivity index (χ3v) is 11.1. The van der Waals surface area contributed by atoms with E-state index >= 15 is 0 Å². The van der Waals surface area contributed by atoms with E-state index in [4.69, 9.17) is 0 Å². The summed E-state index contributed by atoms with van der Waals surface area (Å²) in [6.45, 7) is 6.70. The summed E-state index contributed by atoms with van der Waals surface area (Å²) in [4.78, 5) is 2.37. The van der Waals surface area contributed by atoms with Gasteiger partial charge in [-0.1, -0.05) is 140 Å². The molecule has 1 saturated carbocycles. The quantitative estimate of drug-likeness (QED) is 0.149. The van der Waals surface area contributed by atoms with Crippen LogP contribution in [0.15, 0.2) is 164 Å². The van der Waals surface area contributed by atoms with Crippen LogP contribution in [0.25, 0.3) is 39.5 Å². The van der Waals surface area contributed by atoms with Crippen molar-refractivity contribution >= 4 is 23.1 Å². The van der Waals surface area contributed by atoms with Gasteiger partial charge in [0, 0.05) is 17.1 Å². The largest absolute Gasteiger partial charge is 0.311 e. The van der Waals surface area contributed by atoms with Crippen molar-refractivity contribution in [3.8, 4) is 33.4 Å². The predicted octanol–water partition coefficient (Wildman–Crippen LogP) is 13.9. The van der Waals surface area contributed by atoms with Crippen molar-refractivity contribution in [1.29, 1.82) is 0 Å². The smallest absolute Gasteiger partial charge is 0.0462 e. The number of hydrogen-bond donors (Lipinski definition) is 0. The lowest BCUT2D eigenvalue weighted by molar-refractivity contribution is 0.330. The van der Waals surface area contributed by atoms with Gasteiger partial charge in [0.1, 0.15) is 0 Å². The highest BCUT2D eigenvalue weighted by Gasteiger charge is 2.33. The monoisotopic (exact) mass is 647 g/mol. The van der Waals surface area contributed by atoms with Crippen molar-refractivity contribution in [3.05, 3.63) is 181 Å². The van der Waals surface area contributed by atoms with E-state index in [0.29, 0.717) is 0 Å². The number of nitrogens with zero attached hydrogens (tertiary/aromatic N) is 1. The summed E-state index contributed by atoms with van der Waals surface area (Å²) < 4.78 is 0. The van der Waals surface area contributed by atoms with Crippen molar-refractivity contribution in [2.24, 2.45) is 0 Å². The molecule has 6 aromatic rings. The van der Waals surface area contributed by atoms with Crippen LogP contribution in [-0.2, 0) is 11.8 Å². The van der Waals surface area contributed by atoms with Crippen LogP contribution in [0.2, 0.25) is 0 Å². The topological polar surface area (TPSA) is 3.24 Å². The van der Waals surface area contributed by atoms with Crippen LogP contribution in [0.5, 0.6) is 0 Å². The Hall–Kier alpha value is -5.40. The molecule has 0 amide bonds. The summed E-state index contributed by atoms with van der Waals surface area (Å²) in [6, 6.07) is 53.8. The van der Waals surface area contributed by atoms with Gasteiger partial charge in [0.25, 0.3) is 0 Å². The second-order valence-corrected chi connectivity index (χ2v) is 14.2. The van der Waals surface area contributed by atoms with Crippen LogP contribution in [0, 0.1) is 0 Å². The standard InChI is InChI=1S/C49H45N/c1-3-49(34-10-11-36(2)35-49)43-26-18-38(19-27-43)40-22-30-45(31-23-40)50(44-28-20-39(21-29-44)37-12-5-4-6-13-37)46-32-24-42(25-33-46)48-17-9-15-41-14-7-8-16-47(41)48/h4-6,8-9,12-13,15-33H,2-3,7,10-11,14,34-35H2,1H3. The normalized spacial score (nSPS) is 16.9. The Labute approximate surface area is 298 Å². The van der Waals surface area contributed by atoms with E-state index in [-0.39, 0.29) is 5.41 Å². The average molecular weight is 648 g/mol. The maximum Gasteiger partial charge on any atom is 0.0462 e. The maximum absolute atomic E-state index is 4.36. The van der Waals surface area contributed by atoms with E-state index in [9.17, 15) is 0 Å². The molecule has 0 radical (unpaired) electrons. The Bertz CT molecular complexity index is 2120. The van der Waals surface area contributed by atoms with Gasteiger partial charge in [-0.2, -0.15) is 0 Å². The van der Waals surface area contributed by atoms with Crippen LogP contribution in [-0.4, -0.2) is 0 Å². The zero-order chi connectivity index (χ0) is 33.9. The van der Waals surface area contributed by atoms with Crippen molar-refractivity contribution in [3.63, 3.8) is 0 Å². The lowest BCUT2D eigenvalue weighted by atomic mass is 9.66. The van der Waals surface area contributed by atoms with Gasteiger partial charge in [-0.05, 0) is 137 Å². The van der Waals surface area contributed by atoms with Gasteiger partial charge in [-0.25, -0.2) is 0 Å². The van der Waals surface area contributed by atoms with Crippen molar-refractivity contribution < 1.29 is 0 Å². The molecular weight excluding hydrogens is 603 g/mol. The van der Waals surface area contributed by atoms with Crippen molar-refractivity contribution in [2.45, 2.75) is 57.3 Å². The first kappa shape index (κ1) is 31.8. The highest BCUT2D eigenvalue weighted by Crippen LogP contribution is 2.44. The molecule has 0 bridgehead atoms. The summed E-state index contributed by atoms with van der Waals surface area (Å²) in [7, 11) is 0. The first-order chi connectivity index (χ1) is 24.6.